The Morgan fingerprint density at radius 3 is 2.22 bits per heavy atom. The molecule has 0 atom stereocenters. The highest BCUT2D eigenvalue weighted by molar-refractivity contribution is 6.13. The number of aromatic nitrogens is 1. The number of para-hydroxylation sites is 1. The van der Waals surface area contributed by atoms with E-state index in [9.17, 15) is 33.3 Å². The van der Waals surface area contributed by atoms with Crippen molar-refractivity contribution in [1.29, 1.82) is 0 Å². The molecular weight excluding hydrogens is 533 g/mol. The lowest BCUT2D eigenvalue weighted by atomic mass is 10.0. The molecule has 0 fully saturated rings. The van der Waals surface area contributed by atoms with Crippen LogP contribution in [0.3, 0.4) is 0 Å². The van der Waals surface area contributed by atoms with Crippen molar-refractivity contribution in [3.8, 4) is 28.4 Å². The molecular formula is C32H25F3N2O4. The highest BCUT2D eigenvalue weighted by atomic mass is 19.4. The van der Waals surface area contributed by atoms with Crippen molar-refractivity contribution in [3.05, 3.63) is 107 Å². The number of aryl methyl sites for hydroxylation is 2. The van der Waals surface area contributed by atoms with Gasteiger partial charge in [-0.05, 0) is 79.9 Å². The number of aromatic hydroxyl groups is 2. The van der Waals surface area contributed by atoms with E-state index in [-0.39, 0.29) is 39.7 Å². The van der Waals surface area contributed by atoms with Gasteiger partial charge in [-0.25, -0.2) is 9.79 Å². The Morgan fingerprint density at radius 1 is 0.878 bits per heavy atom. The molecule has 1 heterocycles. The van der Waals surface area contributed by atoms with Crippen LogP contribution in [0.1, 0.15) is 39.5 Å². The summed E-state index contributed by atoms with van der Waals surface area (Å²) in [5, 5.41) is 32.2. The number of phenolic OH excluding ortho intramolecular Hbond substituents is 1. The summed E-state index contributed by atoms with van der Waals surface area (Å²) >= 11 is 0. The van der Waals surface area contributed by atoms with E-state index in [0.717, 1.165) is 23.3 Å². The quantitative estimate of drug-likeness (QED) is 0.190. The third kappa shape index (κ3) is 5.14. The average molecular weight is 559 g/mol. The molecule has 0 aliphatic carbocycles. The van der Waals surface area contributed by atoms with Gasteiger partial charge < -0.3 is 15.3 Å². The Bertz CT molecular complexity index is 1850. The van der Waals surface area contributed by atoms with Gasteiger partial charge in [-0.1, -0.05) is 36.4 Å². The molecule has 0 saturated carbocycles. The topological polar surface area (TPSA) is 95.1 Å². The molecule has 5 aromatic rings. The minimum absolute atomic E-state index is 0.0503. The Balaban J connectivity index is 1.71. The van der Waals surface area contributed by atoms with Crippen LogP contribution in [-0.2, 0) is 6.18 Å². The molecule has 0 bridgehead atoms. The summed E-state index contributed by atoms with van der Waals surface area (Å²) in [4.78, 5) is 16.0. The van der Waals surface area contributed by atoms with Gasteiger partial charge in [0.25, 0.3) is 0 Å². The SMILES string of the molecule is CC(=Nc1cccc(-c2cccc(C(=O)O)c2)c1O)c1c(O)n(-c2cc(C)cc(C)c2)c2cc(C(F)(F)F)ccc12. The van der Waals surface area contributed by atoms with Crippen molar-refractivity contribution in [3.63, 3.8) is 0 Å². The lowest BCUT2D eigenvalue weighted by molar-refractivity contribution is -0.137. The van der Waals surface area contributed by atoms with Crippen LogP contribution in [-0.4, -0.2) is 31.6 Å². The van der Waals surface area contributed by atoms with Gasteiger partial charge in [0.15, 0.2) is 0 Å². The first-order valence-corrected chi connectivity index (χ1v) is 12.6. The molecule has 6 nitrogen and oxygen atoms in total. The third-order valence-electron chi connectivity index (χ3n) is 6.82. The smallest absolute Gasteiger partial charge is 0.416 e. The molecule has 0 aliphatic rings. The molecule has 0 saturated heterocycles. The number of alkyl halides is 3. The molecule has 5 rings (SSSR count). The Hall–Kier alpha value is -5.05. The van der Waals surface area contributed by atoms with Gasteiger partial charge >= 0.3 is 12.1 Å². The second-order valence-corrected chi connectivity index (χ2v) is 9.87. The van der Waals surface area contributed by atoms with Crippen LogP contribution < -0.4 is 0 Å². The van der Waals surface area contributed by atoms with Crippen LogP contribution in [0.2, 0.25) is 0 Å². The van der Waals surface area contributed by atoms with E-state index in [0.29, 0.717) is 22.2 Å². The molecule has 4 aromatic carbocycles. The van der Waals surface area contributed by atoms with Crippen molar-refractivity contribution in [2.45, 2.75) is 26.9 Å². The van der Waals surface area contributed by atoms with Crippen LogP contribution in [0.15, 0.2) is 83.9 Å². The maximum Gasteiger partial charge on any atom is 0.416 e. The van der Waals surface area contributed by atoms with Gasteiger partial charge in [0, 0.05) is 16.6 Å². The Kier molecular flexibility index (Phi) is 6.82. The van der Waals surface area contributed by atoms with Crippen molar-refractivity contribution in [2.24, 2.45) is 4.99 Å². The van der Waals surface area contributed by atoms with Gasteiger partial charge in [-0.3, -0.25) is 4.57 Å². The summed E-state index contributed by atoms with van der Waals surface area (Å²) in [6.45, 7) is 5.31. The number of halogens is 3. The number of fused-ring (bicyclic) bond motifs is 1. The fourth-order valence-corrected chi connectivity index (χ4v) is 5.06. The molecule has 1 aromatic heterocycles. The molecule has 3 N–H and O–H groups in total. The Labute approximate surface area is 233 Å². The third-order valence-corrected chi connectivity index (χ3v) is 6.82. The predicted molar refractivity (Wildman–Crippen MR) is 152 cm³/mol. The zero-order valence-electron chi connectivity index (χ0n) is 22.3. The first-order chi connectivity index (χ1) is 19.3. The van der Waals surface area contributed by atoms with Crippen molar-refractivity contribution in [2.75, 3.05) is 0 Å². The molecule has 0 spiro atoms. The number of hydrogen-bond donors (Lipinski definition) is 3. The Morgan fingerprint density at radius 2 is 1.56 bits per heavy atom. The first-order valence-electron chi connectivity index (χ1n) is 12.6. The van der Waals surface area contributed by atoms with E-state index < -0.39 is 17.7 Å². The van der Waals surface area contributed by atoms with Gasteiger partial charge in [0.05, 0.1) is 27.9 Å². The number of carboxylic acids is 1. The highest BCUT2D eigenvalue weighted by Crippen LogP contribution is 2.41. The van der Waals surface area contributed by atoms with Gasteiger partial charge in [0.1, 0.15) is 11.4 Å². The highest BCUT2D eigenvalue weighted by Gasteiger charge is 2.32. The number of aliphatic imine (C=N–C) groups is 1. The number of phenols is 1. The van der Waals surface area contributed by atoms with Crippen LogP contribution in [0.5, 0.6) is 11.6 Å². The molecule has 0 amide bonds. The largest absolute Gasteiger partial charge is 0.505 e. The standard InChI is InChI=1S/C32H25F3N2O4/c1-17-12-18(2)14-23(13-17)37-27-16-22(32(33,34)35)10-11-25(27)28(30(37)39)19(3)36-26-9-5-8-24(29(26)38)20-6-4-7-21(15-20)31(40)41/h4-16,38-39H,1-3H3,(H,40,41). The number of aromatic carboxylic acids is 1. The zero-order valence-corrected chi connectivity index (χ0v) is 22.3. The minimum atomic E-state index is -4.59. The second-order valence-electron chi connectivity index (χ2n) is 9.87. The molecule has 0 unspecified atom stereocenters. The molecule has 208 valence electrons. The van der Waals surface area contributed by atoms with E-state index in [2.05, 4.69) is 4.99 Å². The fourth-order valence-electron chi connectivity index (χ4n) is 5.06. The normalized spacial score (nSPS) is 12.2. The summed E-state index contributed by atoms with van der Waals surface area (Å²) in [5.41, 5.74) is 2.99. The van der Waals surface area contributed by atoms with E-state index in [4.69, 9.17) is 0 Å². The van der Waals surface area contributed by atoms with E-state index >= 15 is 0 Å². The lowest BCUT2D eigenvalue weighted by Crippen LogP contribution is -2.05. The number of benzene rings is 4. The lowest BCUT2D eigenvalue weighted by Gasteiger charge is -2.11. The van der Waals surface area contributed by atoms with Crippen molar-refractivity contribution < 1.29 is 33.3 Å². The molecule has 41 heavy (non-hydrogen) atoms. The van der Waals surface area contributed by atoms with Crippen molar-refractivity contribution in [1.82, 2.24) is 4.57 Å². The van der Waals surface area contributed by atoms with E-state index in [1.54, 1.807) is 49.4 Å². The van der Waals surface area contributed by atoms with E-state index in [1.807, 2.05) is 19.9 Å². The van der Waals surface area contributed by atoms with Crippen LogP contribution in [0.25, 0.3) is 27.7 Å². The molecule has 0 aliphatic heterocycles. The van der Waals surface area contributed by atoms with Crippen LogP contribution in [0, 0.1) is 13.8 Å². The number of rotatable bonds is 5. The van der Waals surface area contributed by atoms with Gasteiger partial charge in [-0.2, -0.15) is 13.2 Å². The van der Waals surface area contributed by atoms with Gasteiger partial charge in [0.2, 0.25) is 5.88 Å². The molecule has 9 heteroatoms. The summed E-state index contributed by atoms with van der Waals surface area (Å²) in [6.07, 6.45) is -4.59. The van der Waals surface area contributed by atoms with Gasteiger partial charge in [-0.15, -0.1) is 0 Å². The average Bonchev–Trinajstić information content (AvgIpc) is 3.20. The number of carboxylic acid groups (broad SMARTS) is 1. The van der Waals surface area contributed by atoms with Crippen molar-refractivity contribution >= 4 is 28.3 Å². The summed E-state index contributed by atoms with van der Waals surface area (Å²) in [5.74, 6) is -1.62. The summed E-state index contributed by atoms with van der Waals surface area (Å²) in [6, 6.07) is 19.6. The zero-order chi connectivity index (χ0) is 29.6. The van der Waals surface area contributed by atoms with Crippen LogP contribution in [0.4, 0.5) is 18.9 Å². The number of nitrogens with zero attached hydrogens (tertiary/aromatic N) is 2. The summed E-state index contributed by atoms with van der Waals surface area (Å²) in [7, 11) is 0. The monoisotopic (exact) mass is 558 g/mol. The molecule has 0 radical (unpaired) electrons. The maximum absolute atomic E-state index is 13.7. The second kappa shape index (κ2) is 10.2. The number of carbonyl (C=O) groups is 1. The first kappa shape index (κ1) is 27.5. The maximum atomic E-state index is 13.7. The fraction of sp³-hybridized carbons (Fsp3) is 0.125. The summed E-state index contributed by atoms with van der Waals surface area (Å²) < 4.78 is 42.4. The minimum Gasteiger partial charge on any atom is -0.505 e. The van der Waals surface area contributed by atoms with Crippen LogP contribution >= 0.6 is 0 Å². The predicted octanol–water partition coefficient (Wildman–Crippen LogP) is 8.18. The van der Waals surface area contributed by atoms with E-state index in [1.165, 1.54) is 22.8 Å². The number of hydrogen-bond acceptors (Lipinski definition) is 4.